The SMILES string of the molecule is Cc1ccccc1CN1CC(c2nc(-c3cccc(C(F)(F)F)c3)no2)CC1=O. The minimum atomic E-state index is -4.45. The lowest BCUT2D eigenvalue weighted by atomic mass is 10.1. The maximum Gasteiger partial charge on any atom is 0.416 e. The molecule has 150 valence electrons. The van der Waals surface area contributed by atoms with E-state index in [0.717, 1.165) is 23.3 Å². The first-order valence-electron chi connectivity index (χ1n) is 9.15. The quantitative estimate of drug-likeness (QED) is 0.642. The molecular formula is C21H18F3N3O2. The Kier molecular flexibility index (Phi) is 4.86. The van der Waals surface area contributed by atoms with E-state index in [-0.39, 0.29) is 35.5 Å². The predicted molar refractivity (Wildman–Crippen MR) is 98.7 cm³/mol. The lowest BCUT2D eigenvalue weighted by molar-refractivity contribution is -0.137. The lowest BCUT2D eigenvalue weighted by Gasteiger charge is -2.17. The van der Waals surface area contributed by atoms with Crippen molar-refractivity contribution in [1.29, 1.82) is 0 Å². The second kappa shape index (κ2) is 7.35. The Morgan fingerprint density at radius 3 is 2.72 bits per heavy atom. The fourth-order valence-electron chi connectivity index (χ4n) is 3.44. The lowest BCUT2D eigenvalue weighted by Crippen LogP contribution is -2.24. The normalized spacial score (nSPS) is 17.2. The third-order valence-corrected chi connectivity index (χ3v) is 5.08. The Balaban J connectivity index is 1.50. The summed E-state index contributed by atoms with van der Waals surface area (Å²) in [5, 5.41) is 3.82. The number of alkyl halides is 3. The number of aryl methyl sites for hydroxylation is 1. The Morgan fingerprint density at radius 2 is 1.97 bits per heavy atom. The van der Waals surface area contributed by atoms with Crippen molar-refractivity contribution in [2.75, 3.05) is 6.54 Å². The monoisotopic (exact) mass is 401 g/mol. The summed E-state index contributed by atoms with van der Waals surface area (Å²) in [6.07, 6.45) is -4.22. The van der Waals surface area contributed by atoms with E-state index in [1.54, 1.807) is 4.90 Å². The predicted octanol–water partition coefficient (Wildman–Crippen LogP) is 4.58. The van der Waals surface area contributed by atoms with E-state index < -0.39 is 11.7 Å². The van der Waals surface area contributed by atoms with Crippen molar-refractivity contribution in [2.24, 2.45) is 0 Å². The van der Waals surface area contributed by atoms with E-state index in [1.165, 1.54) is 12.1 Å². The summed E-state index contributed by atoms with van der Waals surface area (Å²) in [6.45, 7) is 2.92. The molecule has 1 atom stereocenters. The van der Waals surface area contributed by atoms with Crippen molar-refractivity contribution < 1.29 is 22.5 Å². The highest BCUT2D eigenvalue weighted by atomic mass is 19.4. The number of amides is 1. The van der Waals surface area contributed by atoms with Crippen molar-refractivity contribution in [1.82, 2.24) is 15.0 Å². The number of carbonyl (C=O) groups is 1. The number of halogens is 3. The fourth-order valence-corrected chi connectivity index (χ4v) is 3.44. The Morgan fingerprint density at radius 1 is 1.17 bits per heavy atom. The minimum absolute atomic E-state index is 0.0166. The average Bonchev–Trinajstić information content (AvgIpc) is 3.30. The van der Waals surface area contributed by atoms with E-state index in [4.69, 9.17) is 4.52 Å². The van der Waals surface area contributed by atoms with Gasteiger partial charge in [-0.1, -0.05) is 41.6 Å². The molecule has 1 aliphatic heterocycles. The van der Waals surface area contributed by atoms with Gasteiger partial charge in [0.05, 0.1) is 11.5 Å². The van der Waals surface area contributed by atoms with Crippen LogP contribution < -0.4 is 0 Å². The maximum atomic E-state index is 12.9. The van der Waals surface area contributed by atoms with Crippen LogP contribution in [0, 0.1) is 6.92 Å². The molecule has 1 fully saturated rings. The van der Waals surface area contributed by atoms with Crippen molar-refractivity contribution in [3.05, 3.63) is 71.1 Å². The van der Waals surface area contributed by atoms with Crippen LogP contribution in [0.25, 0.3) is 11.4 Å². The molecule has 0 saturated carbocycles. The molecule has 2 aromatic carbocycles. The van der Waals surface area contributed by atoms with Crippen LogP contribution in [0.5, 0.6) is 0 Å². The summed E-state index contributed by atoms with van der Waals surface area (Å²) in [5.41, 5.74) is 1.61. The molecule has 1 aliphatic rings. The smallest absolute Gasteiger partial charge is 0.339 e. The summed E-state index contributed by atoms with van der Waals surface area (Å²) >= 11 is 0. The van der Waals surface area contributed by atoms with Crippen LogP contribution in [0.4, 0.5) is 13.2 Å². The van der Waals surface area contributed by atoms with Gasteiger partial charge < -0.3 is 9.42 Å². The van der Waals surface area contributed by atoms with Gasteiger partial charge in [0, 0.05) is 25.1 Å². The zero-order chi connectivity index (χ0) is 20.6. The summed E-state index contributed by atoms with van der Waals surface area (Å²) in [5.74, 6) is 0.0459. The first-order chi connectivity index (χ1) is 13.8. The topological polar surface area (TPSA) is 59.2 Å². The molecule has 2 heterocycles. The van der Waals surface area contributed by atoms with Crippen LogP contribution in [0.1, 0.15) is 34.9 Å². The molecule has 1 unspecified atom stereocenters. The van der Waals surface area contributed by atoms with Gasteiger partial charge in [-0.15, -0.1) is 0 Å². The van der Waals surface area contributed by atoms with E-state index in [1.807, 2.05) is 31.2 Å². The van der Waals surface area contributed by atoms with Gasteiger partial charge >= 0.3 is 6.18 Å². The van der Waals surface area contributed by atoms with E-state index in [2.05, 4.69) is 10.1 Å². The zero-order valence-corrected chi connectivity index (χ0v) is 15.6. The van der Waals surface area contributed by atoms with Gasteiger partial charge in [0.1, 0.15) is 0 Å². The number of benzene rings is 2. The fraction of sp³-hybridized carbons (Fsp3) is 0.286. The molecule has 0 radical (unpaired) electrons. The molecule has 1 saturated heterocycles. The molecule has 4 rings (SSSR count). The van der Waals surface area contributed by atoms with Gasteiger partial charge in [0.25, 0.3) is 0 Å². The highest BCUT2D eigenvalue weighted by Crippen LogP contribution is 2.33. The molecular weight excluding hydrogens is 383 g/mol. The first kappa shape index (κ1) is 19.2. The molecule has 0 spiro atoms. The molecule has 0 bridgehead atoms. The molecule has 0 N–H and O–H groups in total. The molecule has 29 heavy (non-hydrogen) atoms. The van der Waals surface area contributed by atoms with Crippen molar-refractivity contribution in [3.8, 4) is 11.4 Å². The van der Waals surface area contributed by atoms with E-state index >= 15 is 0 Å². The largest absolute Gasteiger partial charge is 0.416 e. The van der Waals surface area contributed by atoms with Gasteiger partial charge in [-0.2, -0.15) is 18.2 Å². The third-order valence-electron chi connectivity index (χ3n) is 5.08. The number of aromatic nitrogens is 2. The van der Waals surface area contributed by atoms with Gasteiger partial charge in [-0.05, 0) is 30.2 Å². The van der Waals surface area contributed by atoms with Gasteiger partial charge in [-0.3, -0.25) is 4.79 Å². The Labute approximate surface area is 165 Å². The van der Waals surface area contributed by atoms with Crippen molar-refractivity contribution in [2.45, 2.75) is 32.0 Å². The molecule has 0 aliphatic carbocycles. The number of nitrogens with zero attached hydrogens (tertiary/aromatic N) is 3. The van der Waals surface area contributed by atoms with Crippen LogP contribution in [-0.2, 0) is 17.5 Å². The third kappa shape index (κ3) is 4.01. The average molecular weight is 401 g/mol. The number of hydrogen-bond donors (Lipinski definition) is 0. The van der Waals surface area contributed by atoms with Crippen LogP contribution in [0.15, 0.2) is 53.1 Å². The minimum Gasteiger partial charge on any atom is -0.339 e. The Bertz CT molecular complexity index is 1050. The second-order valence-corrected chi connectivity index (χ2v) is 7.14. The molecule has 3 aromatic rings. The number of rotatable bonds is 4. The van der Waals surface area contributed by atoms with E-state index in [0.29, 0.717) is 13.1 Å². The maximum absolute atomic E-state index is 12.9. The summed E-state index contributed by atoms with van der Waals surface area (Å²) < 4.78 is 44.0. The highest BCUT2D eigenvalue weighted by Gasteiger charge is 2.35. The van der Waals surface area contributed by atoms with E-state index in [9.17, 15) is 18.0 Å². The van der Waals surface area contributed by atoms with Gasteiger partial charge in [0.2, 0.25) is 17.6 Å². The Hall–Kier alpha value is -3.16. The molecule has 8 heteroatoms. The number of carbonyl (C=O) groups excluding carboxylic acids is 1. The van der Waals surface area contributed by atoms with Crippen LogP contribution in [0.3, 0.4) is 0 Å². The first-order valence-corrected chi connectivity index (χ1v) is 9.15. The zero-order valence-electron chi connectivity index (χ0n) is 15.6. The molecule has 1 aromatic heterocycles. The van der Waals surface area contributed by atoms with Crippen molar-refractivity contribution in [3.63, 3.8) is 0 Å². The summed E-state index contributed by atoms with van der Waals surface area (Å²) in [7, 11) is 0. The molecule has 5 nitrogen and oxygen atoms in total. The standard InChI is InChI=1S/C21H18F3N3O2/c1-13-5-2-3-6-15(13)11-27-12-16(10-18(27)28)20-25-19(26-29-20)14-7-4-8-17(9-14)21(22,23)24/h2-9,16H,10-12H2,1H3. The van der Waals surface area contributed by atoms with Gasteiger partial charge in [-0.25, -0.2) is 0 Å². The van der Waals surface area contributed by atoms with Crippen LogP contribution >= 0.6 is 0 Å². The summed E-state index contributed by atoms with van der Waals surface area (Å²) in [6, 6.07) is 12.6. The number of likely N-dealkylation sites (tertiary alicyclic amines) is 1. The summed E-state index contributed by atoms with van der Waals surface area (Å²) in [4.78, 5) is 18.4. The van der Waals surface area contributed by atoms with Crippen LogP contribution in [-0.4, -0.2) is 27.5 Å². The second-order valence-electron chi connectivity index (χ2n) is 7.14. The highest BCUT2D eigenvalue weighted by molar-refractivity contribution is 5.79. The van der Waals surface area contributed by atoms with Crippen LogP contribution in [0.2, 0.25) is 0 Å². The van der Waals surface area contributed by atoms with Crippen molar-refractivity contribution >= 4 is 5.91 Å². The molecule has 1 amide bonds. The van der Waals surface area contributed by atoms with Gasteiger partial charge in [0.15, 0.2) is 0 Å². The number of hydrogen-bond acceptors (Lipinski definition) is 4.